The first-order valence-corrected chi connectivity index (χ1v) is 8.19. The Morgan fingerprint density at radius 1 is 1.14 bits per heavy atom. The molecule has 21 heavy (non-hydrogen) atoms. The van der Waals surface area contributed by atoms with Crippen LogP contribution in [0.25, 0.3) is 11.4 Å². The number of halogens is 1. The van der Waals surface area contributed by atoms with Gasteiger partial charge in [0.25, 0.3) is 0 Å². The van der Waals surface area contributed by atoms with Crippen molar-refractivity contribution in [2.45, 2.75) is 51.5 Å². The second-order valence-corrected chi connectivity index (χ2v) is 6.86. The summed E-state index contributed by atoms with van der Waals surface area (Å²) in [5.74, 6) is 1.20. The zero-order chi connectivity index (χ0) is 15.0. The Hall–Kier alpha value is -1.20. The molecule has 1 aromatic carbocycles. The van der Waals surface area contributed by atoms with E-state index in [9.17, 15) is 0 Å². The largest absolute Gasteiger partial charge is 0.337 e. The van der Waals surface area contributed by atoms with Crippen LogP contribution in [0.1, 0.15) is 49.1 Å². The lowest BCUT2D eigenvalue weighted by Gasteiger charge is -2.29. The molecule has 0 radical (unpaired) electrons. The summed E-state index contributed by atoms with van der Waals surface area (Å²) in [4.78, 5) is 4.57. The third kappa shape index (κ3) is 2.77. The van der Waals surface area contributed by atoms with E-state index < -0.39 is 5.54 Å². The Morgan fingerprint density at radius 2 is 1.76 bits per heavy atom. The fourth-order valence-electron chi connectivity index (χ4n) is 3.01. The Bertz CT molecular complexity index is 636. The fraction of sp³-hybridized carbons (Fsp3) is 0.500. The van der Waals surface area contributed by atoms with Crippen molar-refractivity contribution in [3.05, 3.63) is 33.6 Å². The van der Waals surface area contributed by atoms with Gasteiger partial charge in [-0.1, -0.05) is 40.3 Å². The van der Waals surface area contributed by atoms with Gasteiger partial charge in [0, 0.05) is 10.0 Å². The van der Waals surface area contributed by atoms with E-state index in [0.29, 0.717) is 11.7 Å². The topological polar surface area (TPSA) is 64.9 Å². The van der Waals surface area contributed by atoms with E-state index in [0.717, 1.165) is 46.8 Å². The average Bonchev–Trinajstić information content (AvgIpc) is 2.95. The highest BCUT2D eigenvalue weighted by atomic mass is 79.9. The molecule has 1 saturated carbocycles. The second-order valence-electron chi connectivity index (χ2n) is 6.06. The fourth-order valence-corrected chi connectivity index (χ4v) is 3.24. The van der Waals surface area contributed by atoms with Crippen molar-refractivity contribution in [2.75, 3.05) is 0 Å². The molecule has 0 amide bonds. The molecule has 0 aliphatic heterocycles. The number of benzene rings is 1. The predicted octanol–water partition coefficient (Wildman–Crippen LogP) is 4.23. The highest BCUT2D eigenvalue weighted by Gasteiger charge is 2.35. The van der Waals surface area contributed by atoms with E-state index in [2.05, 4.69) is 52.1 Å². The molecule has 2 aromatic rings. The third-order valence-corrected chi connectivity index (χ3v) is 5.54. The quantitative estimate of drug-likeness (QED) is 0.880. The molecule has 1 aliphatic rings. The molecule has 3 rings (SSSR count). The molecule has 4 nitrogen and oxygen atoms in total. The average molecular weight is 350 g/mol. The summed E-state index contributed by atoms with van der Waals surface area (Å²) in [6.07, 6.45) is 5.35. The summed E-state index contributed by atoms with van der Waals surface area (Å²) in [5, 5.41) is 4.14. The van der Waals surface area contributed by atoms with E-state index in [-0.39, 0.29) is 0 Å². The second kappa shape index (κ2) is 5.54. The minimum absolute atomic E-state index is 0.442. The van der Waals surface area contributed by atoms with Gasteiger partial charge in [-0.05, 0) is 49.9 Å². The number of aromatic nitrogens is 2. The van der Waals surface area contributed by atoms with Gasteiger partial charge in [0.1, 0.15) is 0 Å². The van der Waals surface area contributed by atoms with Crippen LogP contribution in [0.2, 0.25) is 0 Å². The van der Waals surface area contributed by atoms with Crippen molar-refractivity contribution in [1.29, 1.82) is 0 Å². The highest BCUT2D eigenvalue weighted by molar-refractivity contribution is 9.10. The maximum absolute atomic E-state index is 6.45. The number of hydrogen-bond acceptors (Lipinski definition) is 4. The van der Waals surface area contributed by atoms with Crippen LogP contribution in [0.5, 0.6) is 0 Å². The first-order valence-electron chi connectivity index (χ1n) is 7.40. The standard InChI is InChI=1S/C16H20BrN3O/c1-10-8-12(9-11(2)13(10)17)14-19-15(21-20-14)16(18)6-4-3-5-7-16/h8-9H,3-7,18H2,1-2H3. The van der Waals surface area contributed by atoms with Crippen LogP contribution in [0.3, 0.4) is 0 Å². The van der Waals surface area contributed by atoms with Gasteiger partial charge in [0.05, 0.1) is 5.54 Å². The molecule has 1 aliphatic carbocycles. The summed E-state index contributed by atoms with van der Waals surface area (Å²) < 4.78 is 6.60. The van der Waals surface area contributed by atoms with Crippen LogP contribution in [-0.4, -0.2) is 10.1 Å². The van der Waals surface area contributed by atoms with Crippen LogP contribution in [0.15, 0.2) is 21.1 Å². The van der Waals surface area contributed by atoms with E-state index in [1.807, 2.05) is 0 Å². The van der Waals surface area contributed by atoms with E-state index in [1.165, 1.54) is 6.42 Å². The van der Waals surface area contributed by atoms with Gasteiger partial charge < -0.3 is 10.3 Å². The Kier molecular flexibility index (Phi) is 3.88. The van der Waals surface area contributed by atoms with Crippen LogP contribution in [-0.2, 0) is 5.54 Å². The summed E-state index contributed by atoms with van der Waals surface area (Å²) in [7, 11) is 0. The molecule has 0 bridgehead atoms. The van der Waals surface area contributed by atoms with Crippen molar-refractivity contribution in [3.8, 4) is 11.4 Å². The summed E-state index contributed by atoms with van der Waals surface area (Å²) >= 11 is 3.58. The lowest BCUT2D eigenvalue weighted by molar-refractivity contribution is 0.220. The molecule has 2 N–H and O–H groups in total. The molecule has 0 unspecified atom stereocenters. The molecular formula is C16H20BrN3O. The maximum atomic E-state index is 6.45. The molecular weight excluding hydrogens is 330 g/mol. The lowest BCUT2D eigenvalue weighted by atomic mass is 9.82. The van der Waals surface area contributed by atoms with Crippen LogP contribution in [0, 0.1) is 13.8 Å². The van der Waals surface area contributed by atoms with Crippen LogP contribution >= 0.6 is 15.9 Å². The zero-order valence-corrected chi connectivity index (χ0v) is 14.0. The predicted molar refractivity (Wildman–Crippen MR) is 85.9 cm³/mol. The van der Waals surface area contributed by atoms with Crippen LogP contribution < -0.4 is 5.73 Å². The molecule has 1 aromatic heterocycles. The van der Waals surface area contributed by atoms with Crippen LogP contribution in [0.4, 0.5) is 0 Å². The van der Waals surface area contributed by atoms with Gasteiger partial charge in [0.15, 0.2) is 0 Å². The van der Waals surface area contributed by atoms with Gasteiger partial charge in [0.2, 0.25) is 11.7 Å². The van der Waals surface area contributed by atoms with Crippen molar-refractivity contribution >= 4 is 15.9 Å². The number of nitrogens with zero attached hydrogens (tertiary/aromatic N) is 2. The molecule has 112 valence electrons. The van der Waals surface area contributed by atoms with E-state index >= 15 is 0 Å². The minimum Gasteiger partial charge on any atom is -0.337 e. The van der Waals surface area contributed by atoms with Gasteiger partial charge in [-0.25, -0.2) is 0 Å². The monoisotopic (exact) mass is 349 g/mol. The summed E-state index contributed by atoms with van der Waals surface area (Å²) in [5.41, 5.74) is 9.31. The number of nitrogens with two attached hydrogens (primary N) is 1. The Balaban J connectivity index is 1.95. The smallest absolute Gasteiger partial charge is 0.247 e. The highest BCUT2D eigenvalue weighted by Crippen LogP contribution is 2.35. The summed E-state index contributed by atoms with van der Waals surface area (Å²) in [6.45, 7) is 4.13. The Morgan fingerprint density at radius 3 is 2.38 bits per heavy atom. The van der Waals surface area contributed by atoms with Gasteiger partial charge in [-0.3, -0.25) is 0 Å². The molecule has 1 fully saturated rings. The number of hydrogen-bond donors (Lipinski definition) is 1. The zero-order valence-electron chi connectivity index (χ0n) is 12.4. The number of aryl methyl sites for hydroxylation is 2. The van der Waals surface area contributed by atoms with Crippen molar-refractivity contribution in [1.82, 2.24) is 10.1 Å². The molecule has 0 saturated heterocycles. The first kappa shape index (κ1) is 14.7. The van der Waals surface area contributed by atoms with Gasteiger partial charge in [-0.2, -0.15) is 4.98 Å². The third-order valence-electron chi connectivity index (χ3n) is 4.29. The lowest BCUT2D eigenvalue weighted by Crippen LogP contribution is -2.38. The van der Waals surface area contributed by atoms with Gasteiger partial charge >= 0.3 is 0 Å². The van der Waals surface area contributed by atoms with Crippen molar-refractivity contribution in [2.24, 2.45) is 5.73 Å². The summed E-state index contributed by atoms with van der Waals surface area (Å²) in [6, 6.07) is 4.13. The molecule has 5 heteroatoms. The van der Waals surface area contributed by atoms with Crippen molar-refractivity contribution in [3.63, 3.8) is 0 Å². The molecule has 0 spiro atoms. The minimum atomic E-state index is -0.442. The molecule has 0 atom stereocenters. The number of rotatable bonds is 2. The van der Waals surface area contributed by atoms with Gasteiger partial charge in [-0.15, -0.1) is 0 Å². The maximum Gasteiger partial charge on any atom is 0.247 e. The normalized spacial score (nSPS) is 17.9. The van der Waals surface area contributed by atoms with E-state index in [4.69, 9.17) is 10.3 Å². The first-order chi connectivity index (χ1) is 9.99. The SMILES string of the molecule is Cc1cc(-c2noc(C3(N)CCCCC3)n2)cc(C)c1Br. The van der Waals surface area contributed by atoms with Crippen molar-refractivity contribution < 1.29 is 4.52 Å². The Labute approximate surface area is 133 Å². The molecule has 1 heterocycles. The van der Waals surface area contributed by atoms with E-state index in [1.54, 1.807) is 0 Å².